The van der Waals surface area contributed by atoms with Gasteiger partial charge in [-0.05, 0) is 0 Å². The third-order valence-electron chi connectivity index (χ3n) is 1.81. The first-order chi connectivity index (χ1) is 7.51. The standard InChI is InChI=1S/C6H16O3Si.C3H6O2S/c1-5-6-10(7-2,8-3)9-4;4-3(5)1-2-6/h5-6H2,1-4H3;6H,1-2H2,(H,4,5). The Labute approximate surface area is 104 Å². The Morgan fingerprint density at radius 2 is 1.69 bits per heavy atom. The molecule has 98 valence electrons. The fourth-order valence-corrected chi connectivity index (χ4v) is 2.87. The van der Waals surface area contributed by atoms with Gasteiger partial charge in [0.1, 0.15) is 0 Å². The van der Waals surface area contributed by atoms with Gasteiger partial charge in [-0.3, -0.25) is 4.79 Å². The molecule has 0 fully saturated rings. The molecule has 0 rings (SSSR count). The molecule has 0 spiro atoms. The molecule has 0 atom stereocenters. The molecule has 0 heterocycles. The van der Waals surface area contributed by atoms with E-state index in [2.05, 4.69) is 19.6 Å². The average Bonchev–Trinajstić information content (AvgIpc) is 2.27. The largest absolute Gasteiger partial charge is 0.500 e. The van der Waals surface area contributed by atoms with E-state index in [1.165, 1.54) is 0 Å². The maximum Gasteiger partial charge on any atom is 0.500 e. The van der Waals surface area contributed by atoms with Crippen LogP contribution in [0, 0.1) is 0 Å². The van der Waals surface area contributed by atoms with Crippen LogP contribution in [0.5, 0.6) is 0 Å². The first-order valence-electron chi connectivity index (χ1n) is 5.00. The molecule has 0 unspecified atom stereocenters. The minimum Gasteiger partial charge on any atom is -0.481 e. The second-order valence-corrected chi connectivity index (χ2v) is 6.45. The number of carboxylic acid groups (broad SMARTS) is 1. The third kappa shape index (κ3) is 9.17. The van der Waals surface area contributed by atoms with Crippen molar-refractivity contribution in [2.45, 2.75) is 25.8 Å². The van der Waals surface area contributed by atoms with Crippen molar-refractivity contribution in [2.24, 2.45) is 0 Å². The zero-order valence-corrected chi connectivity index (χ0v) is 12.3. The number of aliphatic carboxylic acids is 1. The quantitative estimate of drug-likeness (QED) is 0.544. The van der Waals surface area contributed by atoms with Crippen LogP contribution in [0.25, 0.3) is 0 Å². The van der Waals surface area contributed by atoms with Crippen LogP contribution in [-0.2, 0) is 18.1 Å². The van der Waals surface area contributed by atoms with E-state index < -0.39 is 14.8 Å². The van der Waals surface area contributed by atoms with Crippen molar-refractivity contribution < 1.29 is 23.2 Å². The minimum atomic E-state index is -2.22. The van der Waals surface area contributed by atoms with Gasteiger partial charge in [-0.1, -0.05) is 13.3 Å². The van der Waals surface area contributed by atoms with Crippen LogP contribution in [0.15, 0.2) is 0 Å². The van der Waals surface area contributed by atoms with Crippen molar-refractivity contribution in [2.75, 3.05) is 27.1 Å². The molecular weight excluding hydrogens is 248 g/mol. The van der Waals surface area contributed by atoms with Crippen molar-refractivity contribution in [3.05, 3.63) is 0 Å². The van der Waals surface area contributed by atoms with E-state index >= 15 is 0 Å². The predicted octanol–water partition coefficient (Wildman–Crippen LogP) is 1.67. The summed E-state index contributed by atoms with van der Waals surface area (Å²) in [6.45, 7) is 2.08. The van der Waals surface area contributed by atoms with Crippen LogP contribution < -0.4 is 0 Å². The van der Waals surface area contributed by atoms with Gasteiger partial charge in [-0.25, -0.2) is 0 Å². The fraction of sp³-hybridized carbons (Fsp3) is 0.889. The lowest BCUT2D eigenvalue weighted by molar-refractivity contribution is -0.136. The number of hydrogen-bond acceptors (Lipinski definition) is 5. The second-order valence-electron chi connectivity index (χ2n) is 2.91. The van der Waals surface area contributed by atoms with E-state index in [0.717, 1.165) is 12.5 Å². The molecule has 0 aromatic heterocycles. The zero-order valence-electron chi connectivity index (χ0n) is 10.4. The number of rotatable bonds is 7. The van der Waals surface area contributed by atoms with E-state index in [1.807, 2.05) is 0 Å². The summed E-state index contributed by atoms with van der Waals surface area (Å²) >= 11 is 3.68. The van der Waals surface area contributed by atoms with Crippen LogP contribution in [0.2, 0.25) is 6.04 Å². The van der Waals surface area contributed by atoms with Crippen LogP contribution in [0.3, 0.4) is 0 Å². The van der Waals surface area contributed by atoms with Crippen molar-refractivity contribution in [1.29, 1.82) is 0 Å². The predicted molar refractivity (Wildman–Crippen MR) is 68.0 cm³/mol. The Hall–Kier alpha value is -0.0831. The van der Waals surface area contributed by atoms with Gasteiger partial charge in [0, 0.05) is 33.1 Å². The third-order valence-corrected chi connectivity index (χ3v) is 5.02. The van der Waals surface area contributed by atoms with Crippen molar-refractivity contribution >= 4 is 27.4 Å². The lowest BCUT2D eigenvalue weighted by Crippen LogP contribution is -2.42. The van der Waals surface area contributed by atoms with Gasteiger partial charge in [0.25, 0.3) is 0 Å². The molecule has 0 aromatic carbocycles. The molecule has 0 saturated carbocycles. The Morgan fingerprint density at radius 3 is 1.75 bits per heavy atom. The maximum atomic E-state index is 9.55. The lowest BCUT2D eigenvalue weighted by atomic mass is 10.5. The van der Waals surface area contributed by atoms with Crippen LogP contribution >= 0.6 is 12.6 Å². The second kappa shape index (κ2) is 11.4. The summed E-state index contributed by atoms with van der Waals surface area (Å²) < 4.78 is 15.5. The van der Waals surface area contributed by atoms with E-state index in [9.17, 15) is 4.79 Å². The lowest BCUT2D eigenvalue weighted by Gasteiger charge is -2.23. The molecule has 5 nitrogen and oxygen atoms in total. The molecule has 0 aliphatic rings. The molecule has 16 heavy (non-hydrogen) atoms. The SMILES string of the molecule is CCC[Si](OC)(OC)OC.O=C(O)CCS. The molecule has 0 bridgehead atoms. The first kappa shape index (κ1) is 18.3. The number of hydrogen-bond donors (Lipinski definition) is 2. The van der Waals surface area contributed by atoms with E-state index in [-0.39, 0.29) is 6.42 Å². The monoisotopic (exact) mass is 270 g/mol. The highest BCUT2D eigenvalue weighted by atomic mass is 32.1. The van der Waals surface area contributed by atoms with Crippen molar-refractivity contribution in [3.63, 3.8) is 0 Å². The Kier molecular flexibility index (Phi) is 13.0. The summed E-state index contributed by atoms with van der Waals surface area (Å²) in [7, 11) is 2.68. The van der Waals surface area contributed by atoms with Gasteiger partial charge in [0.2, 0.25) is 0 Å². The van der Waals surface area contributed by atoms with Gasteiger partial charge in [-0.15, -0.1) is 0 Å². The Balaban J connectivity index is 0. The topological polar surface area (TPSA) is 65.0 Å². The normalized spacial score (nSPS) is 10.6. The van der Waals surface area contributed by atoms with Crippen LogP contribution in [-0.4, -0.2) is 47.0 Å². The number of carbonyl (C=O) groups is 1. The Morgan fingerprint density at radius 1 is 1.25 bits per heavy atom. The molecule has 1 N–H and O–H groups in total. The summed E-state index contributed by atoms with van der Waals surface area (Å²) in [4.78, 5) is 9.55. The summed E-state index contributed by atoms with van der Waals surface area (Å²) in [6, 6.07) is 0.885. The smallest absolute Gasteiger partial charge is 0.481 e. The van der Waals surface area contributed by atoms with Gasteiger partial charge >= 0.3 is 14.8 Å². The highest BCUT2D eigenvalue weighted by Gasteiger charge is 2.36. The molecule has 0 saturated heterocycles. The summed E-state index contributed by atoms with van der Waals surface area (Å²) in [6.07, 6.45) is 1.19. The van der Waals surface area contributed by atoms with Gasteiger partial charge in [0.05, 0.1) is 6.42 Å². The van der Waals surface area contributed by atoms with Crippen LogP contribution in [0.4, 0.5) is 0 Å². The number of carboxylic acids is 1. The highest BCUT2D eigenvalue weighted by Crippen LogP contribution is 2.13. The minimum absolute atomic E-state index is 0.156. The number of thiol groups is 1. The van der Waals surface area contributed by atoms with E-state index in [1.54, 1.807) is 21.3 Å². The Bertz CT molecular complexity index is 167. The molecule has 0 aromatic rings. The molecule has 0 aliphatic carbocycles. The average molecular weight is 270 g/mol. The van der Waals surface area contributed by atoms with Crippen molar-refractivity contribution in [3.8, 4) is 0 Å². The van der Waals surface area contributed by atoms with E-state index in [0.29, 0.717) is 5.75 Å². The van der Waals surface area contributed by atoms with Gasteiger partial charge in [-0.2, -0.15) is 12.6 Å². The maximum absolute atomic E-state index is 9.55. The fourth-order valence-electron chi connectivity index (χ4n) is 0.958. The highest BCUT2D eigenvalue weighted by molar-refractivity contribution is 7.80. The molecule has 0 amide bonds. The van der Waals surface area contributed by atoms with Crippen LogP contribution in [0.1, 0.15) is 19.8 Å². The molecule has 0 radical (unpaired) electrons. The van der Waals surface area contributed by atoms with E-state index in [4.69, 9.17) is 18.4 Å². The van der Waals surface area contributed by atoms with Gasteiger partial charge in [0.15, 0.2) is 0 Å². The van der Waals surface area contributed by atoms with Gasteiger partial charge < -0.3 is 18.4 Å². The zero-order chi connectivity index (χ0) is 13.0. The summed E-state index contributed by atoms with van der Waals surface area (Å²) in [5, 5.41) is 7.86. The molecule has 7 heteroatoms. The van der Waals surface area contributed by atoms with Crippen molar-refractivity contribution in [1.82, 2.24) is 0 Å². The summed E-state index contributed by atoms with van der Waals surface area (Å²) in [5.41, 5.74) is 0. The first-order valence-corrected chi connectivity index (χ1v) is 7.56. The molecule has 0 aliphatic heterocycles. The molecular formula is C9H22O5SSi. The summed E-state index contributed by atoms with van der Waals surface area (Å²) in [5.74, 6) is -0.361.